The van der Waals surface area contributed by atoms with Gasteiger partial charge in [-0.05, 0) is 75.3 Å². The largest absolute Gasteiger partial charge is 0.497 e. The Bertz CT molecular complexity index is 1760. The van der Waals surface area contributed by atoms with Crippen LogP contribution in [0, 0.1) is 5.92 Å². The zero-order valence-electron chi connectivity index (χ0n) is 29.4. The molecule has 4 N–H and O–H groups in total. The van der Waals surface area contributed by atoms with Crippen molar-refractivity contribution in [3.8, 4) is 5.75 Å². The second-order valence-electron chi connectivity index (χ2n) is 12.8. The SMILES string of the molecule is COc1ccc(CC(=O)Nc2cc(C(=O)Nc3cc(C(=O)Nc4cc(C(=O)NCCCN(C)C)n(C)c4)n(CCC(C)C)c3)n(C)c2)cc1. The molecule has 1 aromatic carbocycles. The third-order valence-corrected chi connectivity index (χ3v) is 7.94. The average Bonchev–Trinajstić information content (AvgIpc) is 3.74. The quantitative estimate of drug-likeness (QED) is 0.128. The Labute approximate surface area is 287 Å². The van der Waals surface area contributed by atoms with Gasteiger partial charge in [0.15, 0.2) is 0 Å². The third-order valence-electron chi connectivity index (χ3n) is 7.94. The van der Waals surface area contributed by atoms with Crippen LogP contribution in [0.4, 0.5) is 17.1 Å². The Hall–Kier alpha value is -5.30. The number of benzene rings is 1. The van der Waals surface area contributed by atoms with E-state index in [1.54, 1.807) is 79.3 Å². The lowest BCUT2D eigenvalue weighted by molar-refractivity contribution is -0.115. The molecule has 0 unspecified atom stereocenters. The van der Waals surface area contributed by atoms with Gasteiger partial charge < -0.3 is 44.6 Å². The molecule has 0 atom stereocenters. The first-order valence-corrected chi connectivity index (χ1v) is 16.3. The van der Waals surface area contributed by atoms with Gasteiger partial charge in [0.05, 0.1) is 30.6 Å². The van der Waals surface area contributed by atoms with Crippen LogP contribution < -0.4 is 26.0 Å². The topological polar surface area (TPSA) is 144 Å². The van der Waals surface area contributed by atoms with Crippen LogP contribution in [0.15, 0.2) is 61.1 Å². The molecule has 0 aliphatic rings. The molecule has 262 valence electrons. The number of carbonyl (C=O) groups is 4. The number of aromatic nitrogens is 3. The summed E-state index contributed by atoms with van der Waals surface area (Å²) < 4.78 is 10.3. The maximum Gasteiger partial charge on any atom is 0.272 e. The van der Waals surface area contributed by atoms with Crippen LogP contribution in [0.25, 0.3) is 0 Å². The van der Waals surface area contributed by atoms with Gasteiger partial charge in [-0.15, -0.1) is 0 Å². The average molecular weight is 673 g/mol. The van der Waals surface area contributed by atoms with Crippen LogP contribution in [-0.4, -0.2) is 76.5 Å². The Morgan fingerprint density at radius 1 is 0.776 bits per heavy atom. The molecule has 0 saturated carbocycles. The fourth-order valence-corrected chi connectivity index (χ4v) is 5.28. The maximum atomic E-state index is 13.5. The van der Waals surface area contributed by atoms with Gasteiger partial charge in [-0.25, -0.2) is 0 Å². The van der Waals surface area contributed by atoms with Gasteiger partial charge in [-0.3, -0.25) is 19.2 Å². The lowest BCUT2D eigenvalue weighted by Gasteiger charge is -2.10. The Morgan fingerprint density at radius 2 is 1.33 bits per heavy atom. The molecule has 0 bridgehead atoms. The highest BCUT2D eigenvalue weighted by atomic mass is 16.5. The van der Waals surface area contributed by atoms with Gasteiger partial charge >= 0.3 is 0 Å². The summed E-state index contributed by atoms with van der Waals surface area (Å²) >= 11 is 0. The molecule has 0 saturated heterocycles. The van der Waals surface area contributed by atoms with E-state index in [1.165, 1.54) is 0 Å². The number of hydrogen-bond acceptors (Lipinski definition) is 6. The third kappa shape index (κ3) is 10.3. The minimum atomic E-state index is -0.393. The zero-order chi connectivity index (χ0) is 35.7. The zero-order valence-corrected chi connectivity index (χ0v) is 29.4. The summed E-state index contributed by atoms with van der Waals surface area (Å²) in [6, 6.07) is 12.1. The number of nitrogens with zero attached hydrogens (tertiary/aromatic N) is 4. The van der Waals surface area contributed by atoms with Crippen molar-refractivity contribution in [1.82, 2.24) is 23.9 Å². The van der Waals surface area contributed by atoms with Gasteiger partial charge in [-0.2, -0.15) is 0 Å². The van der Waals surface area contributed by atoms with Crippen LogP contribution in [0.1, 0.15) is 63.7 Å². The number of anilines is 3. The summed E-state index contributed by atoms with van der Waals surface area (Å²) in [5, 5.41) is 11.6. The molecule has 0 spiro atoms. The summed E-state index contributed by atoms with van der Waals surface area (Å²) in [5.41, 5.74) is 3.39. The molecule has 0 aliphatic heterocycles. The summed E-state index contributed by atoms with van der Waals surface area (Å²) in [6.45, 7) is 6.19. The predicted octanol–water partition coefficient (Wildman–Crippen LogP) is 4.59. The van der Waals surface area contributed by atoms with E-state index in [1.807, 2.05) is 30.8 Å². The summed E-state index contributed by atoms with van der Waals surface area (Å²) in [7, 11) is 9.03. The van der Waals surface area contributed by atoms with E-state index < -0.39 is 5.91 Å². The minimum Gasteiger partial charge on any atom is -0.497 e. The Morgan fingerprint density at radius 3 is 1.92 bits per heavy atom. The first-order valence-electron chi connectivity index (χ1n) is 16.3. The predicted molar refractivity (Wildman–Crippen MR) is 191 cm³/mol. The van der Waals surface area contributed by atoms with Crippen molar-refractivity contribution in [2.24, 2.45) is 20.0 Å². The van der Waals surface area contributed by atoms with Crippen molar-refractivity contribution in [3.63, 3.8) is 0 Å². The summed E-state index contributed by atoms with van der Waals surface area (Å²) in [6.07, 6.45) is 6.93. The molecular weight excluding hydrogens is 624 g/mol. The van der Waals surface area contributed by atoms with Crippen LogP contribution in [0.5, 0.6) is 5.75 Å². The summed E-state index contributed by atoms with van der Waals surface area (Å²) in [4.78, 5) is 54.4. The molecule has 0 aliphatic carbocycles. The molecular formula is C36H48N8O5. The number of hydrogen-bond donors (Lipinski definition) is 4. The van der Waals surface area contributed by atoms with Crippen molar-refractivity contribution < 1.29 is 23.9 Å². The highest BCUT2D eigenvalue weighted by Gasteiger charge is 2.20. The standard InChI is InChI=1S/C36H48N8O5/c1-24(2)13-16-44-23-28(20-32(44)36(48)39-27-19-30(42(5)22-27)34(46)37-14-8-15-41(3)4)40-35(47)31-18-26(21-43(31)6)38-33(45)17-25-9-11-29(49-7)12-10-25/h9-12,18-24H,8,13-17H2,1-7H3,(H,37,46)(H,38,45)(H,39,48)(H,40,47). The van der Waals surface area contributed by atoms with Gasteiger partial charge in [-0.1, -0.05) is 26.0 Å². The second kappa shape index (κ2) is 16.7. The van der Waals surface area contributed by atoms with Crippen molar-refractivity contribution >= 4 is 40.7 Å². The van der Waals surface area contributed by atoms with E-state index in [4.69, 9.17) is 4.74 Å². The molecule has 0 radical (unpaired) electrons. The van der Waals surface area contributed by atoms with E-state index >= 15 is 0 Å². The van der Waals surface area contributed by atoms with Crippen LogP contribution in [-0.2, 0) is 31.9 Å². The smallest absolute Gasteiger partial charge is 0.272 e. The molecule has 3 heterocycles. The molecule has 49 heavy (non-hydrogen) atoms. The number of nitrogens with one attached hydrogen (secondary N) is 4. The van der Waals surface area contributed by atoms with Crippen LogP contribution in [0.3, 0.4) is 0 Å². The van der Waals surface area contributed by atoms with Crippen molar-refractivity contribution in [2.75, 3.05) is 50.2 Å². The number of ether oxygens (including phenoxy) is 1. The number of rotatable bonds is 16. The van der Waals surface area contributed by atoms with E-state index in [0.29, 0.717) is 58.9 Å². The Kier molecular flexibility index (Phi) is 12.4. The number of carbonyl (C=O) groups excluding carboxylic acids is 4. The second-order valence-corrected chi connectivity index (χ2v) is 12.8. The normalized spacial score (nSPS) is 11.1. The van der Waals surface area contributed by atoms with Gasteiger partial charge in [0.2, 0.25) is 5.91 Å². The van der Waals surface area contributed by atoms with Crippen LogP contribution in [0.2, 0.25) is 0 Å². The first-order chi connectivity index (χ1) is 23.3. The lowest BCUT2D eigenvalue weighted by Crippen LogP contribution is -2.28. The van der Waals surface area contributed by atoms with Crippen molar-refractivity contribution in [1.29, 1.82) is 0 Å². The molecule has 3 aromatic heterocycles. The minimum absolute atomic E-state index is 0.170. The fraction of sp³-hybridized carbons (Fsp3) is 0.389. The maximum absolute atomic E-state index is 13.5. The molecule has 4 aromatic rings. The van der Waals surface area contributed by atoms with E-state index in [-0.39, 0.29) is 24.1 Å². The molecule has 4 rings (SSSR count). The fourth-order valence-electron chi connectivity index (χ4n) is 5.28. The Balaban J connectivity index is 1.42. The summed E-state index contributed by atoms with van der Waals surface area (Å²) in [5.74, 6) is -0.0851. The molecule has 4 amide bonds. The first kappa shape index (κ1) is 36.5. The lowest BCUT2D eigenvalue weighted by atomic mass is 10.1. The highest BCUT2D eigenvalue weighted by molar-refractivity contribution is 6.07. The number of methoxy groups -OCH3 is 1. The van der Waals surface area contributed by atoms with Gasteiger partial charge in [0.1, 0.15) is 22.8 Å². The molecule has 13 nitrogen and oxygen atoms in total. The van der Waals surface area contributed by atoms with Gasteiger partial charge in [0.25, 0.3) is 17.7 Å². The highest BCUT2D eigenvalue weighted by Crippen LogP contribution is 2.22. The molecule has 0 fully saturated rings. The van der Waals surface area contributed by atoms with E-state index in [0.717, 1.165) is 24.9 Å². The molecule has 13 heteroatoms. The van der Waals surface area contributed by atoms with Crippen molar-refractivity contribution in [3.05, 3.63) is 83.7 Å². The van der Waals surface area contributed by atoms with E-state index in [2.05, 4.69) is 40.0 Å². The monoisotopic (exact) mass is 672 g/mol. The number of aryl methyl sites for hydroxylation is 3. The number of amides is 4. The van der Waals surface area contributed by atoms with E-state index in [9.17, 15) is 19.2 Å². The van der Waals surface area contributed by atoms with Crippen molar-refractivity contribution in [2.45, 2.75) is 39.7 Å². The van der Waals surface area contributed by atoms with Gasteiger partial charge in [0, 0.05) is 45.8 Å². The van der Waals surface area contributed by atoms with Crippen LogP contribution >= 0.6 is 0 Å².